The Kier molecular flexibility index (Phi) is 397. The van der Waals surface area contributed by atoms with E-state index >= 15 is 0 Å². The quantitative estimate of drug-likeness (QED) is 0.358. The molecule has 3 heteroatoms. The van der Waals surface area contributed by atoms with Gasteiger partial charge in [-0.2, -0.15) is 0 Å². The van der Waals surface area contributed by atoms with Crippen LogP contribution in [-0.4, -0.2) is 29.8 Å². The van der Waals surface area contributed by atoms with E-state index in [2.05, 4.69) is 0 Å². The van der Waals surface area contributed by atoms with Crippen LogP contribution in [-0.2, 0) is 16.5 Å². The molecule has 0 spiro atoms. The summed E-state index contributed by atoms with van der Waals surface area (Å²) in [5.41, 5.74) is 0. The van der Waals surface area contributed by atoms with Gasteiger partial charge in [0, 0.05) is 53.7 Å². The molecule has 0 aromatic carbocycles. The van der Waals surface area contributed by atoms with Crippen molar-refractivity contribution in [2.24, 2.45) is 0 Å². The third-order valence-corrected chi connectivity index (χ3v) is 0. The molecule has 0 heterocycles. The second-order valence-corrected chi connectivity index (χ2v) is 0. The molecule has 0 nitrogen and oxygen atoms in total. The number of rotatable bonds is 0. The van der Waals surface area contributed by atoms with Crippen molar-refractivity contribution in [3.63, 3.8) is 0 Å². The van der Waals surface area contributed by atoms with Crippen LogP contribution in [0, 0.1) is 7.43 Å². The summed E-state index contributed by atoms with van der Waals surface area (Å²) >= 11 is 0. The van der Waals surface area contributed by atoms with Gasteiger partial charge < -0.3 is 0 Å². The van der Waals surface area contributed by atoms with Crippen LogP contribution in [0.1, 0.15) is 0 Å². The van der Waals surface area contributed by atoms with Crippen molar-refractivity contribution in [2.75, 3.05) is 0 Å². The average Bonchev–Trinajstić information content (AvgIpc) is 0. The Morgan fingerprint density at radius 1 is 1.00 bits per heavy atom. The molecule has 0 aromatic heterocycles. The predicted octanol–water partition coefficient (Wildman–Crippen LogP) is -0.683. The molecule has 0 atom stereocenters. The SMILES string of the molecule is [C].[Li].[Ni].[Si]. The predicted molar refractivity (Wildman–Crippen MR) is 14.8 cm³/mol. The summed E-state index contributed by atoms with van der Waals surface area (Å²) in [6.07, 6.45) is 0. The second kappa shape index (κ2) is 27.6. The molecule has 0 bridgehead atoms. The minimum absolute atomic E-state index is 0. The molecule has 4 heavy (non-hydrogen) atoms. The van der Waals surface area contributed by atoms with Gasteiger partial charge in [0.05, 0.1) is 0 Å². The van der Waals surface area contributed by atoms with E-state index in [1.165, 1.54) is 0 Å². The summed E-state index contributed by atoms with van der Waals surface area (Å²) < 4.78 is 0. The van der Waals surface area contributed by atoms with E-state index in [0.29, 0.717) is 0 Å². The van der Waals surface area contributed by atoms with Gasteiger partial charge in [-0.05, 0) is 0 Å². The Morgan fingerprint density at radius 3 is 1.00 bits per heavy atom. The molecule has 0 aliphatic carbocycles. The Hall–Kier alpha value is 1.31. The van der Waals surface area contributed by atoms with Crippen LogP contribution in [0.3, 0.4) is 0 Å². The van der Waals surface area contributed by atoms with Crippen LogP contribution in [0.5, 0.6) is 0 Å². The minimum atomic E-state index is 0. The van der Waals surface area contributed by atoms with Crippen LogP contribution in [0.2, 0.25) is 0 Å². The molecule has 0 saturated heterocycles. The van der Waals surface area contributed by atoms with Gasteiger partial charge in [-0.3, -0.25) is 0 Å². The van der Waals surface area contributed by atoms with E-state index in [-0.39, 0.29) is 53.7 Å². The first-order valence-electron chi connectivity index (χ1n) is 0. The first kappa shape index (κ1) is 57.6. The zero-order chi connectivity index (χ0) is 0. The Balaban J connectivity index is 0. The third-order valence-electron chi connectivity index (χ3n) is 0. The van der Waals surface area contributed by atoms with Crippen molar-refractivity contribution < 1.29 is 16.5 Å². The molecular weight excluding hydrogens is 106 g/mol. The minimum Gasteiger partial charge on any atom is 0 e. The summed E-state index contributed by atoms with van der Waals surface area (Å²) in [4.78, 5) is 0. The number of hydrogen-bond donors (Lipinski definition) is 0. The molecule has 19 valence electrons. The second-order valence-electron chi connectivity index (χ2n) is 0. The largest absolute Gasteiger partial charge is 0 e. The third kappa shape index (κ3) is 10.3. The monoisotopic (exact) mass is 105 g/mol. The molecular formula is CLiNiSi. The van der Waals surface area contributed by atoms with Gasteiger partial charge in [0.25, 0.3) is 0 Å². The smallest absolute Gasteiger partial charge is 0 e. The topological polar surface area (TPSA) is 0 Å². The standard InChI is InChI=1S/C.Li.Ni.Si. The van der Waals surface area contributed by atoms with Crippen molar-refractivity contribution in [1.29, 1.82) is 0 Å². The van der Waals surface area contributed by atoms with E-state index in [0.717, 1.165) is 0 Å². The fraction of sp³-hybridized carbons (Fsp3) is 0. The van der Waals surface area contributed by atoms with Gasteiger partial charge in [-0.15, -0.1) is 0 Å². The fourth-order valence-corrected chi connectivity index (χ4v) is 0. The van der Waals surface area contributed by atoms with Gasteiger partial charge >= 0.3 is 0 Å². The molecule has 0 aromatic rings. The average molecular weight is 106 g/mol. The maximum atomic E-state index is 0. The number of hydrogen-bond acceptors (Lipinski definition) is 0. The summed E-state index contributed by atoms with van der Waals surface area (Å²) in [5.74, 6) is 0. The zero-order valence-electron chi connectivity index (χ0n) is 2.32. The zero-order valence-corrected chi connectivity index (χ0v) is 4.30. The first-order chi connectivity index (χ1) is 0. The molecule has 0 amide bonds. The molecule has 0 N–H and O–H groups in total. The van der Waals surface area contributed by atoms with Crippen molar-refractivity contribution in [2.45, 2.75) is 0 Å². The first-order valence-corrected chi connectivity index (χ1v) is 0. The van der Waals surface area contributed by atoms with Crippen molar-refractivity contribution in [1.82, 2.24) is 0 Å². The molecule has 0 rings (SSSR count). The van der Waals surface area contributed by atoms with E-state index in [9.17, 15) is 0 Å². The summed E-state index contributed by atoms with van der Waals surface area (Å²) in [6.45, 7) is 0. The Labute approximate surface area is 53.9 Å². The van der Waals surface area contributed by atoms with Gasteiger partial charge in [-0.1, -0.05) is 0 Å². The molecule has 0 unspecified atom stereocenters. The molecule has 0 saturated carbocycles. The summed E-state index contributed by atoms with van der Waals surface area (Å²) in [6, 6.07) is 0. The maximum absolute atomic E-state index is 0. The van der Waals surface area contributed by atoms with E-state index in [1.54, 1.807) is 0 Å². The van der Waals surface area contributed by atoms with Crippen LogP contribution in [0.15, 0.2) is 0 Å². The maximum Gasteiger partial charge on any atom is 0 e. The van der Waals surface area contributed by atoms with Crippen LogP contribution in [0.4, 0.5) is 0 Å². The Bertz CT molecular complexity index is 8.00. The molecule has 9 radical (unpaired) electrons. The summed E-state index contributed by atoms with van der Waals surface area (Å²) in [5, 5.41) is 0. The van der Waals surface area contributed by atoms with Crippen molar-refractivity contribution in [3.05, 3.63) is 7.43 Å². The van der Waals surface area contributed by atoms with Gasteiger partial charge in [-0.25, -0.2) is 0 Å². The normalized spacial score (nSPS) is 0. The summed E-state index contributed by atoms with van der Waals surface area (Å²) in [7, 11) is 0. The Morgan fingerprint density at radius 2 is 1.00 bits per heavy atom. The molecule has 0 aliphatic rings. The van der Waals surface area contributed by atoms with Crippen LogP contribution < -0.4 is 0 Å². The molecule has 0 fully saturated rings. The van der Waals surface area contributed by atoms with Crippen molar-refractivity contribution in [3.8, 4) is 0 Å². The van der Waals surface area contributed by atoms with E-state index < -0.39 is 0 Å². The van der Waals surface area contributed by atoms with E-state index in [1.807, 2.05) is 0 Å². The van der Waals surface area contributed by atoms with Crippen LogP contribution >= 0.6 is 0 Å². The van der Waals surface area contributed by atoms with E-state index in [4.69, 9.17) is 0 Å². The van der Waals surface area contributed by atoms with Crippen LogP contribution in [0.25, 0.3) is 0 Å². The van der Waals surface area contributed by atoms with Crippen molar-refractivity contribution >= 4 is 29.8 Å². The van der Waals surface area contributed by atoms with Gasteiger partial charge in [0.15, 0.2) is 0 Å². The van der Waals surface area contributed by atoms with Gasteiger partial charge in [0.2, 0.25) is 0 Å². The molecule has 0 aliphatic heterocycles. The fourth-order valence-electron chi connectivity index (χ4n) is 0. The van der Waals surface area contributed by atoms with Gasteiger partial charge in [0.1, 0.15) is 0 Å².